The lowest BCUT2D eigenvalue weighted by atomic mass is 9.88. The van der Waals surface area contributed by atoms with Gasteiger partial charge in [0.15, 0.2) is 0 Å². The van der Waals surface area contributed by atoms with E-state index in [1.165, 1.54) is 0 Å². The largest absolute Gasteiger partial charge is 0.481 e. The van der Waals surface area contributed by atoms with Crippen LogP contribution in [0.15, 0.2) is 18.2 Å². The maximum Gasteiger partial charge on any atom is 0.308 e. The minimum Gasteiger partial charge on any atom is -0.481 e. The quantitative estimate of drug-likeness (QED) is 0.830. The topological polar surface area (TPSA) is 49.3 Å². The van der Waals surface area contributed by atoms with Gasteiger partial charge in [0.25, 0.3) is 0 Å². The fourth-order valence-electron chi connectivity index (χ4n) is 2.22. The molecule has 1 heterocycles. The number of carboxylic acid groups (broad SMARTS) is 1. The summed E-state index contributed by atoms with van der Waals surface area (Å²) in [5.74, 6) is -1.16. The summed E-state index contributed by atoms with van der Waals surface area (Å²) in [5.41, 5.74) is 1.94. The fraction of sp³-hybridized carbons (Fsp3) is 0.417. The van der Waals surface area contributed by atoms with Crippen LogP contribution in [0.5, 0.6) is 0 Å². The van der Waals surface area contributed by atoms with E-state index < -0.39 is 5.97 Å². The summed E-state index contributed by atoms with van der Waals surface area (Å²) in [6.45, 7) is 3.13. The van der Waals surface area contributed by atoms with E-state index in [0.29, 0.717) is 18.1 Å². The van der Waals surface area contributed by atoms with Crippen LogP contribution in [0.25, 0.3) is 0 Å². The zero-order valence-corrected chi connectivity index (χ0v) is 9.79. The summed E-state index contributed by atoms with van der Waals surface area (Å²) >= 11 is 6.22. The Morgan fingerprint density at radius 3 is 2.94 bits per heavy atom. The van der Waals surface area contributed by atoms with Gasteiger partial charge in [-0.05, 0) is 18.1 Å². The van der Waals surface area contributed by atoms with E-state index in [2.05, 4.69) is 5.32 Å². The first-order valence-corrected chi connectivity index (χ1v) is 5.67. The molecule has 1 aliphatic heterocycles. The van der Waals surface area contributed by atoms with Crippen molar-refractivity contribution < 1.29 is 9.90 Å². The Hall–Kier alpha value is -1.06. The Bertz CT molecular complexity index is 419. The van der Waals surface area contributed by atoms with Crippen molar-refractivity contribution in [2.75, 3.05) is 13.1 Å². The third-order valence-corrected chi connectivity index (χ3v) is 3.67. The van der Waals surface area contributed by atoms with E-state index in [4.69, 9.17) is 16.7 Å². The highest BCUT2D eigenvalue weighted by Gasteiger charge is 2.34. The first-order valence-electron chi connectivity index (χ1n) is 5.30. The van der Waals surface area contributed by atoms with Crippen molar-refractivity contribution in [3.63, 3.8) is 0 Å². The number of rotatable bonds is 2. The second-order valence-corrected chi connectivity index (χ2v) is 4.57. The van der Waals surface area contributed by atoms with Crippen LogP contribution in [0.3, 0.4) is 0 Å². The molecule has 0 aromatic heterocycles. The lowest BCUT2D eigenvalue weighted by Crippen LogP contribution is -2.21. The van der Waals surface area contributed by atoms with E-state index in [1.54, 1.807) is 0 Å². The van der Waals surface area contributed by atoms with Gasteiger partial charge in [-0.1, -0.05) is 29.8 Å². The molecule has 2 N–H and O–H groups in total. The van der Waals surface area contributed by atoms with Crippen molar-refractivity contribution in [2.45, 2.75) is 12.8 Å². The van der Waals surface area contributed by atoms with E-state index in [9.17, 15) is 4.79 Å². The number of aliphatic carboxylic acids is 1. The molecule has 2 rings (SSSR count). The van der Waals surface area contributed by atoms with Gasteiger partial charge in [-0.2, -0.15) is 0 Å². The van der Waals surface area contributed by atoms with Gasteiger partial charge >= 0.3 is 5.97 Å². The van der Waals surface area contributed by atoms with Crippen LogP contribution in [0, 0.1) is 12.8 Å². The summed E-state index contributed by atoms with van der Waals surface area (Å²) in [4.78, 5) is 11.1. The molecule has 0 spiro atoms. The van der Waals surface area contributed by atoms with Gasteiger partial charge in [-0.3, -0.25) is 4.79 Å². The standard InChI is InChI=1S/C12H14ClNO2/c1-7-3-2-4-8(11(7)13)9-5-14-6-10(9)12(15)16/h2-4,9-10,14H,5-6H2,1H3,(H,15,16). The van der Waals surface area contributed by atoms with Crippen LogP contribution in [-0.4, -0.2) is 24.2 Å². The van der Waals surface area contributed by atoms with Gasteiger partial charge in [0.05, 0.1) is 5.92 Å². The van der Waals surface area contributed by atoms with Crippen LogP contribution >= 0.6 is 11.6 Å². The third-order valence-electron chi connectivity index (χ3n) is 3.15. The summed E-state index contributed by atoms with van der Waals surface area (Å²) in [6.07, 6.45) is 0. The normalized spacial score (nSPS) is 24.6. The molecule has 0 amide bonds. The number of carboxylic acids is 1. The molecule has 1 aromatic rings. The van der Waals surface area contributed by atoms with Crippen molar-refractivity contribution in [1.29, 1.82) is 0 Å². The minimum atomic E-state index is -0.757. The first kappa shape index (κ1) is 11.4. The van der Waals surface area contributed by atoms with Crippen LogP contribution in [0.4, 0.5) is 0 Å². The Kier molecular flexibility index (Phi) is 3.17. The SMILES string of the molecule is Cc1cccc(C2CNCC2C(=O)O)c1Cl. The summed E-state index contributed by atoms with van der Waals surface area (Å²) < 4.78 is 0. The fourth-order valence-corrected chi connectivity index (χ4v) is 2.49. The average molecular weight is 240 g/mol. The molecule has 16 heavy (non-hydrogen) atoms. The number of nitrogens with one attached hydrogen (secondary N) is 1. The molecule has 0 saturated carbocycles. The smallest absolute Gasteiger partial charge is 0.308 e. The molecule has 3 nitrogen and oxygen atoms in total. The number of halogens is 1. The molecule has 0 radical (unpaired) electrons. The second-order valence-electron chi connectivity index (χ2n) is 4.19. The zero-order chi connectivity index (χ0) is 11.7. The molecule has 2 unspecified atom stereocenters. The predicted molar refractivity (Wildman–Crippen MR) is 62.9 cm³/mol. The number of aryl methyl sites for hydroxylation is 1. The third kappa shape index (κ3) is 1.93. The lowest BCUT2D eigenvalue weighted by molar-refractivity contribution is -0.141. The van der Waals surface area contributed by atoms with Crippen LogP contribution < -0.4 is 5.32 Å². The predicted octanol–water partition coefficient (Wildman–Crippen LogP) is 2.04. The summed E-state index contributed by atoms with van der Waals surface area (Å²) in [6, 6.07) is 5.78. The number of carbonyl (C=O) groups is 1. The van der Waals surface area contributed by atoms with E-state index in [0.717, 1.165) is 11.1 Å². The van der Waals surface area contributed by atoms with Gasteiger partial charge in [-0.15, -0.1) is 0 Å². The van der Waals surface area contributed by atoms with Crippen molar-refractivity contribution in [1.82, 2.24) is 5.32 Å². The minimum absolute atomic E-state index is 0.0232. The Morgan fingerprint density at radius 2 is 2.25 bits per heavy atom. The zero-order valence-electron chi connectivity index (χ0n) is 9.03. The van der Waals surface area contributed by atoms with Gasteiger partial charge < -0.3 is 10.4 Å². The molecule has 2 atom stereocenters. The molecule has 0 aliphatic carbocycles. The van der Waals surface area contributed by atoms with E-state index >= 15 is 0 Å². The van der Waals surface area contributed by atoms with E-state index in [-0.39, 0.29) is 11.8 Å². The first-order chi connectivity index (χ1) is 7.61. The second kappa shape index (κ2) is 4.44. The molecular formula is C12H14ClNO2. The van der Waals surface area contributed by atoms with Crippen molar-refractivity contribution in [3.05, 3.63) is 34.3 Å². The van der Waals surface area contributed by atoms with Crippen molar-refractivity contribution in [3.8, 4) is 0 Å². The van der Waals surface area contributed by atoms with Crippen LogP contribution in [0.2, 0.25) is 5.02 Å². The molecule has 1 saturated heterocycles. The molecule has 1 fully saturated rings. The lowest BCUT2D eigenvalue weighted by Gasteiger charge is -2.17. The van der Waals surface area contributed by atoms with Crippen molar-refractivity contribution in [2.24, 2.45) is 5.92 Å². The highest BCUT2D eigenvalue weighted by Crippen LogP contribution is 2.34. The van der Waals surface area contributed by atoms with Gasteiger partial charge in [0, 0.05) is 24.0 Å². The summed E-state index contributed by atoms with van der Waals surface area (Å²) in [7, 11) is 0. The highest BCUT2D eigenvalue weighted by atomic mass is 35.5. The monoisotopic (exact) mass is 239 g/mol. The Balaban J connectivity index is 2.36. The maximum absolute atomic E-state index is 11.1. The molecule has 1 aliphatic rings. The summed E-state index contributed by atoms with van der Waals surface area (Å²) in [5, 5.41) is 12.9. The van der Waals surface area contributed by atoms with Gasteiger partial charge in [0.1, 0.15) is 0 Å². The average Bonchev–Trinajstić information content (AvgIpc) is 2.70. The van der Waals surface area contributed by atoms with E-state index in [1.807, 2.05) is 25.1 Å². The van der Waals surface area contributed by atoms with Gasteiger partial charge in [0.2, 0.25) is 0 Å². The molecule has 4 heteroatoms. The molecule has 86 valence electrons. The number of benzene rings is 1. The molecule has 1 aromatic carbocycles. The Labute approximate surface area is 99.4 Å². The Morgan fingerprint density at radius 1 is 1.50 bits per heavy atom. The molecule has 0 bridgehead atoms. The van der Waals surface area contributed by atoms with Crippen LogP contribution in [-0.2, 0) is 4.79 Å². The number of hydrogen-bond acceptors (Lipinski definition) is 2. The van der Waals surface area contributed by atoms with Crippen LogP contribution in [0.1, 0.15) is 17.0 Å². The van der Waals surface area contributed by atoms with Gasteiger partial charge in [-0.25, -0.2) is 0 Å². The molecular weight excluding hydrogens is 226 g/mol. The van der Waals surface area contributed by atoms with Crippen molar-refractivity contribution >= 4 is 17.6 Å². The number of hydrogen-bond donors (Lipinski definition) is 2. The highest BCUT2D eigenvalue weighted by molar-refractivity contribution is 6.32. The maximum atomic E-state index is 11.1.